The molecule has 0 atom stereocenters. The maximum absolute atomic E-state index is 4.50. The molecule has 2 aromatic heterocycles. The highest BCUT2D eigenvalue weighted by Gasteiger charge is 2.17. The van der Waals surface area contributed by atoms with Crippen molar-refractivity contribution in [2.45, 2.75) is 12.8 Å². The Morgan fingerprint density at radius 2 is 1.95 bits per heavy atom. The molecule has 92 valence electrons. The molecule has 0 fully saturated rings. The van der Waals surface area contributed by atoms with Crippen molar-refractivity contribution in [3.8, 4) is 11.3 Å². The Morgan fingerprint density at radius 3 is 2.84 bits per heavy atom. The van der Waals surface area contributed by atoms with E-state index in [0.29, 0.717) is 0 Å². The fourth-order valence-electron chi connectivity index (χ4n) is 2.55. The second kappa shape index (κ2) is 4.28. The molecule has 1 aliphatic carbocycles. The molecular weight excluding hydrogens is 252 g/mol. The summed E-state index contributed by atoms with van der Waals surface area (Å²) in [7, 11) is 0. The van der Waals surface area contributed by atoms with E-state index in [9.17, 15) is 0 Å². The van der Waals surface area contributed by atoms with Gasteiger partial charge in [-0.3, -0.25) is 0 Å². The molecule has 0 radical (unpaired) electrons. The summed E-state index contributed by atoms with van der Waals surface area (Å²) in [5.41, 5.74) is 4.62. The van der Waals surface area contributed by atoms with Crippen LogP contribution in [0.5, 0.6) is 0 Å². The van der Waals surface area contributed by atoms with Crippen molar-refractivity contribution in [3.63, 3.8) is 0 Å². The summed E-state index contributed by atoms with van der Waals surface area (Å²) in [6.07, 6.45) is 8.38. The van der Waals surface area contributed by atoms with Crippen LogP contribution in [0.4, 0.5) is 0 Å². The minimum Gasteiger partial charge on any atom is -0.235 e. The van der Waals surface area contributed by atoms with E-state index in [2.05, 4.69) is 46.4 Å². The van der Waals surface area contributed by atoms with Gasteiger partial charge in [-0.2, -0.15) is 0 Å². The lowest BCUT2D eigenvalue weighted by Crippen LogP contribution is -1.89. The van der Waals surface area contributed by atoms with Crippen LogP contribution in [0.2, 0.25) is 0 Å². The highest BCUT2D eigenvalue weighted by Crippen LogP contribution is 2.38. The normalized spacial score (nSPS) is 13.7. The Hall–Kier alpha value is -2.00. The number of hydrogen-bond acceptors (Lipinski definition) is 3. The van der Waals surface area contributed by atoms with Gasteiger partial charge < -0.3 is 0 Å². The highest BCUT2D eigenvalue weighted by atomic mass is 32.1. The zero-order valence-corrected chi connectivity index (χ0v) is 11.2. The van der Waals surface area contributed by atoms with Gasteiger partial charge in [0, 0.05) is 16.0 Å². The SMILES string of the molecule is C1=Cc2c(sc3c(-c4ccccc4)ncnc23)CC1. The summed E-state index contributed by atoms with van der Waals surface area (Å²) < 4.78 is 1.21. The Labute approximate surface area is 115 Å². The summed E-state index contributed by atoms with van der Waals surface area (Å²) in [4.78, 5) is 10.4. The van der Waals surface area contributed by atoms with Crippen LogP contribution in [0.15, 0.2) is 42.7 Å². The van der Waals surface area contributed by atoms with E-state index in [1.165, 1.54) is 15.1 Å². The molecule has 0 bridgehead atoms. The largest absolute Gasteiger partial charge is 0.235 e. The van der Waals surface area contributed by atoms with Gasteiger partial charge in [0.15, 0.2) is 0 Å². The van der Waals surface area contributed by atoms with Gasteiger partial charge in [0.25, 0.3) is 0 Å². The van der Waals surface area contributed by atoms with E-state index in [-0.39, 0.29) is 0 Å². The number of benzene rings is 1. The molecule has 3 heteroatoms. The van der Waals surface area contributed by atoms with E-state index >= 15 is 0 Å². The fraction of sp³-hybridized carbons (Fsp3) is 0.125. The number of rotatable bonds is 1. The zero-order valence-electron chi connectivity index (χ0n) is 10.3. The minimum absolute atomic E-state index is 1.05. The fourth-order valence-corrected chi connectivity index (χ4v) is 3.81. The lowest BCUT2D eigenvalue weighted by atomic mass is 10.0. The third-order valence-corrected chi connectivity index (χ3v) is 4.72. The van der Waals surface area contributed by atoms with Gasteiger partial charge in [0.2, 0.25) is 0 Å². The quantitative estimate of drug-likeness (QED) is 0.654. The first-order valence-electron chi connectivity index (χ1n) is 6.42. The molecule has 19 heavy (non-hydrogen) atoms. The lowest BCUT2D eigenvalue weighted by Gasteiger charge is -2.03. The first-order valence-corrected chi connectivity index (χ1v) is 7.23. The Balaban J connectivity index is 2.03. The average Bonchev–Trinajstić information content (AvgIpc) is 2.87. The van der Waals surface area contributed by atoms with Crippen LogP contribution in [-0.2, 0) is 6.42 Å². The molecule has 0 unspecified atom stereocenters. The topological polar surface area (TPSA) is 25.8 Å². The van der Waals surface area contributed by atoms with E-state index in [1.807, 2.05) is 17.4 Å². The first kappa shape index (κ1) is 10.9. The number of aryl methyl sites for hydroxylation is 1. The smallest absolute Gasteiger partial charge is 0.116 e. The van der Waals surface area contributed by atoms with Crippen LogP contribution in [0.3, 0.4) is 0 Å². The van der Waals surface area contributed by atoms with Crippen molar-refractivity contribution in [1.82, 2.24) is 9.97 Å². The van der Waals surface area contributed by atoms with E-state index < -0.39 is 0 Å². The Morgan fingerprint density at radius 1 is 1.05 bits per heavy atom. The molecule has 4 rings (SSSR count). The average molecular weight is 264 g/mol. The monoisotopic (exact) mass is 264 g/mol. The molecule has 0 amide bonds. The van der Waals surface area contributed by atoms with Crippen LogP contribution in [-0.4, -0.2) is 9.97 Å². The summed E-state index contributed by atoms with van der Waals surface area (Å²) in [6.45, 7) is 0. The van der Waals surface area contributed by atoms with Crippen molar-refractivity contribution >= 4 is 27.6 Å². The number of aromatic nitrogens is 2. The van der Waals surface area contributed by atoms with Crippen LogP contribution in [0.1, 0.15) is 16.9 Å². The number of nitrogens with zero attached hydrogens (tertiary/aromatic N) is 2. The highest BCUT2D eigenvalue weighted by molar-refractivity contribution is 7.19. The first-order chi connectivity index (χ1) is 9.43. The second-order valence-electron chi connectivity index (χ2n) is 4.65. The molecular formula is C16H12N2S. The molecule has 1 aromatic carbocycles. The van der Waals surface area contributed by atoms with Gasteiger partial charge in [0.1, 0.15) is 6.33 Å². The minimum atomic E-state index is 1.05. The molecule has 2 heterocycles. The van der Waals surface area contributed by atoms with Gasteiger partial charge in [-0.25, -0.2) is 9.97 Å². The van der Waals surface area contributed by atoms with Crippen molar-refractivity contribution in [3.05, 3.63) is 53.2 Å². The summed E-state index contributed by atoms with van der Waals surface area (Å²) in [5, 5.41) is 0. The molecule has 1 aliphatic rings. The van der Waals surface area contributed by atoms with Crippen molar-refractivity contribution < 1.29 is 0 Å². The van der Waals surface area contributed by atoms with Crippen molar-refractivity contribution in [2.24, 2.45) is 0 Å². The molecule has 2 nitrogen and oxygen atoms in total. The van der Waals surface area contributed by atoms with Crippen LogP contribution in [0, 0.1) is 0 Å². The van der Waals surface area contributed by atoms with Crippen LogP contribution >= 0.6 is 11.3 Å². The van der Waals surface area contributed by atoms with Gasteiger partial charge in [-0.1, -0.05) is 42.5 Å². The second-order valence-corrected chi connectivity index (χ2v) is 5.75. The van der Waals surface area contributed by atoms with Crippen LogP contribution < -0.4 is 0 Å². The molecule has 3 aromatic rings. The van der Waals surface area contributed by atoms with E-state index in [0.717, 1.165) is 29.6 Å². The molecule has 0 N–H and O–H groups in total. The Bertz CT molecular complexity index is 772. The molecule has 0 saturated carbocycles. The lowest BCUT2D eigenvalue weighted by molar-refractivity contribution is 1.01. The van der Waals surface area contributed by atoms with Gasteiger partial charge in [-0.15, -0.1) is 11.3 Å². The van der Waals surface area contributed by atoms with Gasteiger partial charge in [0.05, 0.1) is 15.9 Å². The molecule has 0 spiro atoms. The predicted octanol–water partition coefficient (Wildman–Crippen LogP) is 4.32. The third kappa shape index (κ3) is 1.70. The van der Waals surface area contributed by atoms with E-state index in [1.54, 1.807) is 6.33 Å². The zero-order chi connectivity index (χ0) is 12.7. The Kier molecular flexibility index (Phi) is 2.45. The number of thiophene rings is 1. The summed E-state index contributed by atoms with van der Waals surface area (Å²) in [6, 6.07) is 10.4. The third-order valence-electron chi connectivity index (χ3n) is 3.45. The maximum atomic E-state index is 4.50. The van der Waals surface area contributed by atoms with Crippen molar-refractivity contribution in [2.75, 3.05) is 0 Å². The predicted molar refractivity (Wildman–Crippen MR) is 80.2 cm³/mol. The maximum Gasteiger partial charge on any atom is 0.116 e. The summed E-state index contributed by atoms with van der Waals surface area (Å²) >= 11 is 1.84. The number of hydrogen-bond donors (Lipinski definition) is 0. The molecule has 0 saturated heterocycles. The molecule has 0 aliphatic heterocycles. The standard InChI is InChI=1S/C16H12N2S/c1-2-6-11(7-3-1)14-16-15(18-10-17-14)12-8-4-5-9-13(12)19-16/h1-4,6-8,10H,5,9H2. The summed E-state index contributed by atoms with van der Waals surface area (Å²) in [5.74, 6) is 0. The van der Waals surface area contributed by atoms with E-state index in [4.69, 9.17) is 0 Å². The van der Waals surface area contributed by atoms with Crippen molar-refractivity contribution in [1.29, 1.82) is 0 Å². The van der Waals surface area contributed by atoms with Gasteiger partial charge in [-0.05, 0) is 12.8 Å². The van der Waals surface area contributed by atoms with Crippen LogP contribution in [0.25, 0.3) is 27.6 Å². The number of allylic oxidation sites excluding steroid dienone is 1. The van der Waals surface area contributed by atoms with Gasteiger partial charge >= 0.3 is 0 Å². The number of fused-ring (bicyclic) bond motifs is 3.